The summed E-state index contributed by atoms with van der Waals surface area (Å²) in [6.07, 6.45) is 4.99. The van der Waals surface area contributed by atoms with Gasteiger partial charge in [-0.25, -0.2) is 33.5 Å². The van der Waals surface area contributed by atoms with E-state index in [0.717, 1.165) is 50.7 Å². The SMILES string of the molecule is CC(CCCCC(C)CCCNP(=O)(O)OP(=O)(O)OP(=O)(O)OC[C@H]1O[C@@H](n2cnc3c(N)ccnc32)[C@@H](O)C1O)CCCNC(=O)CC[C@@H]1SC[C@@H]2NC(=O)N[C@@H]21. The molecule has 3 amide bonds. The van der Waals surface area contributed by atoms with Crippen LogP contribution in [0.4, 0.5) is 10.5 Å². The Morgan fingerprint density at radius 2 is 1.68 bits per heavy atom. The summed E-state index contributed by atoms with van der Waals surface area (Å²) in [5.74, 6) is 1.72. The topological polar surface area (TPSA) is 328 Å². The van der Waals surface area contributed by atoms with Gasteiger partial charge in [-0.1, -0.05) is 39.5 Å². The first kappa shape index (κ1) is 47.8. The average molecular weight is 915 g/mol. The standard InChI is InChI=1S/C33H57N8O14P3S/c1-20(9-5-14-35-26(42)12-11-25-28-23(18-59-25)39-33(45)40-28)7-3-4-8-21(2)10-6-15-38-56(46,47)54-58(50,51)55-57(48,49)52-17-24-29(43)30(44)32(53-24)41-19-37-27-22(34)13-16-36-31(27)41/h13,16,19-21,23-25,28-30,32,43-44H,3-12,14-15,17-18H2,1-2H3,(H2,34,36)(H,35,42)(H,48,49)(H,50,51)(H2,38,46,47)(H2,39,40,45)/t20?,21?,23-,24+,25-,28-,29?,30-,32+/m0/s1. The Hall–Kier alpha value is -2.20. The molecule has 12 atom stereocenters. The highest BCUT2D eigenvalue weighted by molar-refractivity contribution is 8.00. The van der Waals surface area contributed by atoms with Gasteiger partial charge in [-0.3, -0.25) is 13.9 Å². The van der Waals surface area contributed by atoms with Crippen molar-refractivity contribution in [2.24, 2.45) is 11.8 Å². The number of phosphoric acid groups is 2. The number of hydrogen-bond donors (Lipinski definition) is 10. The number of nitrogens with one attached hydrogen (secondary N) is 4. The van der Waals surface area contributed by atoms with Crippen LogP contribution in [0.25, 0.3) is 11.2 Å². The molecule has 2 aromatic rings. The number of urea groups is 1. The molecule has 0 spiro atoms. The van der Waals surface area contributed by atoms with Gasteiger partial charge in [0.2, 0.25) is 5.91 Å². The number of hydrogen-bond acceptors (Lipinski definition) is 15. The molecule has 3 aliphatic rings. The molecule has 5 heterocycles. The first-order valence-electron chi connectivity index (χ1n) is 19.7. The van der Waals surface area contributed by atoms with E-state index >= 15 is 0 Å². The fourth-order valence-electron chi connectivity index (χ4n) is 7.37. The van der Waals surface area contributed by atoms with E-state index < -0.39 is 54.5 Å². The van der Waals surface area contributed by atoms with Gasteiger partial charge in [-0.15, -0.1) is 0 Å². The van der Waals surface area contributed by atoms with Crippen LogP contribution in [0.1, 0.15) is 84.3 Å². The zero-order chi connectivity index (χ0) is 43.0. The second kappa shape index (κ2) is 21.3. The molecule has 0 saturated carbocycles. The number of unbranched alkanes of at least 4 members (excludes halogenated alkanes) is 1. The third-order valence-electron chi connectivity index (χ3n) is 10.5. The maximum absolute atomic E-state index is 12.5. The molecule has 11 N–H and O–H groups in total. The van der Waals surface area contributed by atoms with Crippen molar-refractivity contribution in [1.82, 2.24) is 35.6 Å². The molecule has 0 aromatic carbocycles. The maximum Gasteiger partial charge on any atom is 0.489 e. The number of anilines is 1. The van der Waals surface area contributed by atoms with Crippen LogP contribution in [0.2, 0.25) is 0 Å². The van der Waals surface area contributed by atoms with Crippen molar-refractivity contribution < 1.29 is 66.1 Å². The lowest BCUT2D eigenvalue weighted by Gasteiger charge is -2.20. The predicted octanol–water partition coefficient (Wildman–Crippen LogP) is 3.03. The molecule has 59 heavy (non-hydrogen) atoms. The number of nitrogen functional groups attached to an aromatic ring is 1. The number of amides is 3. The predicted molar refractivity (Wildman–Crippen MR) is 216 cm³/mol. The smallest absolute Gasteiger partial charge is 0.397 e. The summed E-state index contributed by atoms with van der Waals surface area (Å²) < 4.78 is 57.4. The Labute approximate surface area is 346 Å². The molecule has 3 fully saturated rings. The number of imidazole rings is 1. The molecule has 0 aliphatic carbocycles. The number of carbonyl (C=O) groups is 2. The number of thioether (sulfide) groups is 1. The lowest BCUT2D eigenvalue weighted by Crippen LogP contribution is -2.37. The van der Waals surface area contributed by atoms with Gasteiger partial charge in [0.1, 0.15) is 23.8 Å². The van der Waals surface area contributed by atoms with Crippen molar-refractivity contribution in [1.29, 1.82) is 0 Å². The van der Waals surface area contributed by atoms with Gasteiger partial charge in [0.25, 0.3) is 0 Å². The Bertz CT molecular complexity index is 1880. The normalized spacial score (nSPS) is 28.3. The van der Waals surface area contributed by atoms with E-state index in [4.69, 9.17) is 15.0 Å². The average Bonchev–Trinajstić information content (AvgIpc) is 3.91. The quantitative estimate of drug-likeness (QED) is 0.0389. The van der Waals surface area contributed by atoms with E-state index in [1.54, 1.807) is 11.8 Å². The maximum atomic E-state index is 12.5. The molecular weight excluding hydrogens is 857 g/mol. The monoisotopic (exact) mass is 914 g/mol. The van der Waals surface area contributed by atoms with Crippen molar-refractivity contribution >= 4 is 63.9 Å². The first-order valence-corrected chi connectivity index (χ1v) is 25.3. The number of nitrogens with two attached hydrogens (primary N) is 1. The third-order valence-corrected chi connectivity index (χ3v) is 16.5. The first-order chi connectivity index (χ1) is 27.8. The number of phosphoric ester groups is 1. The van der Waals surface area contributed by atoms with E-state index in [1.807, 2.05) is 0 Å². The minimum atomic E-state index is -5.66. The Kier molecular flexibility index (Phi) is 17.2. The number of carbonyl (C=O) groups excluding carboxylic acids is 2. The number of nitrogens with zero attached hydrogens (tertiary/aromatic N) is 3. The zero-order valence-electron chi connectivity index (χ0n) is 32.9. The van der Waals surface area contributed by atoms with Crippen LogP contribution in [-0.4, -0.2) is 112 Å². The molecule has 26 heteroatoms. The summed E-state index contributed by atoms with van der Waals surface area (Å²) in [4.78, 5) is 62.2. The van der Waals surface area contributed by atoms with Gasteiger partial charge in [-0.05, 0) is 50.0 Å². The van der Waals surface area contributed by atoms with Crippen molar-refractivity contribution in [2.75, 3.05) is 31.2 Å². The van der Waals surface area contributed by atoms with Crippen LogP contribution >= 0.6 is 35.2 Å². The molecular formula is C33H57N8O14P3S. The second-order valence-electron chi connectivity index (χ2n) is 15.4. The molecule has 334 valence electrons. The van der Waals surface area contributed by atoms with Crippen LogP contribution in [0.15, 0.2) is 18.6 Å². The van der Waals surface area contributed by atoms with Gasteiger partial charge in [0.05, 0.1) is 30.7 Å². The highest BCUT2D eigenvalue weighted by Crippen LogP contribution is 2.66. The number of aliphatic hydroxyl groups is 2. The van der Waals surface area contributed by atoms with Crippen LogP contribution in [0.3, 0.4) is 0 Å². The summed E-state index contributed by atoms with van der Waals surface area (Å²) >= 11 is 1.80. The highest BCUT2D eigenvalue weighted by atomic mass is 32.2. The number of ether oxygens (including phenoxy) is 1. The molecule has 3 saturated heterocycles. The van der Waals surface area contributed by atoms with E-state index in [9.17, 15) is 48.2 Å². The number of fused-ring (bicyclic) bond motifs is 2. The fourth-order valence-corrected chi connectivity index (χ4v) is 12.6. The molecule has 2 aromatic heterocycles. The number of rotatable bonds is 25. The van der Waals surface area contributed by atoms with Crippen LogP contribution in [-0.2, 0) is 36.4 Å². The molecule has 3 aliphatic heterocycles. The van der Waals surface area contributed by atoms with Gasteiger partial charge in [-0.2, -0.15) is 20.4 Å². The lowest BCUT2D eigenvalue weighted by atomic mass is 9.94. The number of pyridine rings is 1. The Balaban J connectivity index is 0.891. The van der Waals surface area contributed by atoms with E-state index in [2.05, 4.69) is 53.5 Å². The molecule has 5 rings (SSSR count). The summed E-state index contributed by atoms with van der Waals surface area (Å²) in [5.41, 5.74) is 6.72. The second-order valence-corrected chi connectivity index (χ2v) is 21.5. The minimum Gasteiger partial charge on any atom is -0.397 e. The zero-order valence-corrected chi connectivity index (χ0v) is 36.4. The van der Waals surface area contributed by atoms with E-state index in [-0.39, 0.29) is 41.5 Å². The highest BCUT2D eigenvalue weighted by Gasteiger charge is 2.47. The van der Waals surface area contributed by atoms with Crippen LogP contribution in [0, 0.1) is 11.8 Å². The van der Waals surface area contributed by atoms with Crippen molar-refractivity contribution in [3.05, 3.63) is 18.6 Å². The lowest BCUT2D eigenvalue weighted by molar-refractivity contribution is -0.121. The summed E-state index contributed by atoms with van der Waals surface area (Å²) in [5, 5.41) is 32.3. The minimum absolute atomic E-state index is 0.0394. The molecule has 0 radical (unpaired) electrons. The van der Waals surface area contributed by atoms with Crippen molar-refractivity contribution in [3.63, 3.8) is 0 Å². The molecule has 22 nitrogen and oxygen atoms in total. The molecule has 6 unspecified atom stereocenters. The Morgan fingerprint density at radius 3 is 2.39 bits per heavy atom. The van der Waals surface area contributed by atoms with Gasteiger partial charge >= 0.3 is 29.4 Å². The summed E-state index contributed by atoms with van der Waals surface area (Å²) in [7, 11) is -16.1. The van der Waals surface area contributed by atoms with Crippen LogP contribution < -0.4 is 26.8 Å². The van der Waals surface area contributed by atoms with E-state index in [1.165, 1.54) is 23.2 Å². The van der Waals surface area contributed by atoms with Gasteiger partial charge < -0.3 is 51.3 Å². The van der Waals surface area contributed by atoms with Gasteiger partial charge in [0, 0.05) is 36.7 Å². The van der Waals surface area contributed by atoms with Crippen molar-refractivity contribution in [3.8, 4) is 0 Å². The summed E-state index contributed by atoms with van der Waals surface area (Å²) in [6.45, 7) is 3.92. The number of aromatic nitrogens is 3. The number of aliphatic hydroxyl groups excluding tert-OH is 2. The van der Waals surface area contributed by atoms with E-state index in [0.29, 0.717) is 48.8 Å². The third kappa shape index (κ3) is 14.2. The fraction of sp³-hybridized carbons (Fsp3) is 0.758. The van der Waals surface area contributed by atoms with Crippen LogP contribution in [0.5, 0.6) is 0 Å². The Morgan fingerprint density at radius 1 is 1.00 bits per heavy atom. The molecule has 0 bridgehead atoms. The van der Waals surface area contributed by atoms with Crippen molar-refractivity contribution in [2.45, 2.75) is 120 Å². The summed E-state index contributed by atoms with van der Waals surface area (Å²) in [6, 6.07) is 1.64. The van der Waals surface area contributed by atoms with Gasteiger partial charge in [0.15, 0.2) is 11.9 Å². The largest absolute Gasteiger partial charge is 0.489 e.